The van der Waals surface area contributed by atoms with Crippen molar-refractivity contribution < 1.29 is 46.4 Å². The van der Waals surface area contributed by atoms with Crippen molar-refractivity contribution in [2.24, 2.45) is 0 Å². The Bertz CT molecular complexity index is 293. The molecule has 0 radical (unpaired) electrons. The lowest BCUT2D eigenvalue weighted by molar-refractivity contribution is -0.942. The summed E-state index contributed by atoms with van der Waals surface area (Å²) in [6.45, 7) is 0.175. The summed E-state index contributed by atoms with van der Waals surface area (Å²) in [6, 6.07) is 0. The summed E-state index contributed by atoms with van der Waals surface area (Å²) in [6.07, 6.45) is -13.8. The third kappa shape index (κ3) is 6.37. The van der Waals surface area contributed by atoms with Gasteiger partial charge < -0.3 is 20.0 Å². The first-order valence-electron chi connectivity index (χ1n) is 6.67. The van der Waals surface area contributed by atoms with E-state index in [0.29, 0.717) is 29.3 Å². The van der Waals surface area contributed by atoms with Gasteiger partial charge in [0.05, 0.1) is 13.1 Å². The van der Waals surface area contributed by atoms with Crippen LogP contribution < -0.4 is 9.80 Å². The van der Waals surface area contributed by atoms with Crippen LogP contribution in [0.3, 0.4) is 0 Å². The van der Waals surface area contributed by atoms with E-state index >= 15 is 0 Å². The molecular weight excluding hydrogens is 306 g/mol. The lowest BCUT2D eigenvalue weighted by Gasteiger charge is -2.22. The molecule has 10 heteroatoms. The SMILES string of the molecule is O[C@H](C[NH+]1CCC[NH+](C[C@@H](O)C(F)(F)F)CC1)C(F)(F)F. The fraction of sp³-hybridized carbons (Fsp3) is 1.00. The van der Waals surface area contributed by atoms with Crippen LogP contribution >= 0.6 is 0 Å². The molecule has 126 valence electrons. The second-order valence-corrected chi connectivity index (χ2v) is 5.38. The highest BCUT2D eigenvalue weighted by Gasteiger charge is 2.43. The lowest BCUT2D eigenvalue weighted by Crippen LogP contribution is -3.19. The molecule has 4 atom stereocenters. The largest absolute Gasteiger partial charge is 0.419 e. The molecule has 4 N–H and O–H groups in total. The Morgan fingerprint density at radius 1 is 0.714 bits per heavy atom. The van der Waals surface area contributed by atoms with E-state index in [4.69, 9.17) is 10.2 Å². The molecule has 1 saturated heterocycles. The van der Waals surface area contributed by atoms with Gasteiger partial charge in [-0.1, -0.05) is 0 Å². The van der Waals surface area contributed by atoms with Crippen LogP contribution in [0.15, 0.2) is 0 Å². The highest BCUT2D eigenvalue weighted by atomic mass is 19.4. The van der Waals surface area contributed by atoms with Crippen LogP contribution in [0.5, 0.6) is 0 Å². The summed E-state index contributed by atoms with van der Waals surface area (Å²) in [5.74, 6) is 0. The number of rotatable bonds is 4. The second-order valence-electron chi connectivity index (χ2n) is 5.38. The van der Waals surface area contributed by atoms with Gasteiger partial charge in [0.15, 0.2) is 12.2 Å². The molecule has 0 aromatic carbocycles. The predicted octanol–water partition coefficient (Wildman–Crippen LogP) is -1.99. The van der Waals surface area contributed by atoms with Gasteiger partial charge >= 0.3 is 12.4 Å². The van der Waals surface area contributed by atoms with E-state index in [1.165, 1.54) is 0 Å². The lowest BCUT2D eigenvalue weighted by atomic mass is 10.3. The third-order valence-electron chi connectivity index (χ3n) is 3.61. The summed E-state index contributed by atoms with van der Waals surface area (Å²) >= 11 is 0. The molecule has 21 heavy (non-hydrogen) atoms. The Labute approximate surface area is 117 Å². The third-order valence-corrected chi connectivity index (χ3v) is 3.61. The van der Waals surface area contributed by atoms with Crippen LogP contribution in [0, 0.1) is 0 Å². The second kappa shape index (κ2) is 7.12. The maximum atomic E-state index is 12.3. The minimum absolute atomic E-state index is 0.229. The van der Waals surface area contributed by atoms with Crippen LogP contribution in [0.4, 0.5) is 26.3 Å². The number of nitrogens with one attached hydrogen (secondary N) is 2. The molecular formula is C11H20F6N2O2+2. The van der Waals surface area contributed by atoms with Gasteiger partial charge in [-0.05, 0) is 0 Å². The molecule has 1 aliphatic heterocycles. The van der Waals surface area contributed by atoms with E-state index in [-0.39, 0.29) is 13.1 Å². The Kier molecular flexibility index (Phi) is 6.26. The fourth-order valence-electron chi connectivity index (χ4n) is 2.38. The molecule has 0 aromatic rings. The molecule has 0 saturated carbocycles. The molecule has 0 aromatic heterocycles. The highest BCUT2D eigenvalue weighted by Crippen LogP contribution is 2.19. The molecule has 1 fully saturated rings. The summed E-state index contributed by atoms with van der Waals surface area (Å²) in [5, 5.41) is 18.0. The first-order valence-corrected chi connectivity index (χ1v) is 6.67. The summed E-state index contributed by atoms with van der Waals surface area (Å²) < 4.78 is 73.6. The summed E-state index contributed by atoms with van der Waals surface area (Å²) in [5.41, 5.74) is 0. The Morgan fingerprint density at radius 2 is 1.05 bits per heavy atom. The molecule has 0 aliphatic carbocycles. The maximum Gasteiger partial charge on any atom is 0.419 e. The van der Waals surface area contributed by atoms with E-state index in [9.17, 15) is 26.3 Å². The van der Waals surface area contributed by atoms with Gasteiger partial charge in [-0.15, -0.1) is 0 Å². The fourth-order valence-corrected chi connectivity index (χ4v) is 2.38. The zero-order chi connectivity index (χ0) is 16.3. The van der Waals surface area contributed by atoms with Gasteiger partial charge in [-0.3, -0.25) is 0 Å². The van der Waals surface area contributed by atoms with E-state index < -0.39 is 37.7 Å². The van der Waals surface area contributed by atoms with Crippen molar-refractivity contribution in [1.29, 1.82) is 0 Å². The number of aliphatic hydroxyl groups is 2. The Morgan fingerprint density at radius 3 is 1.33 bits per heavy atom. The Hall–Kier alpha value is -0.580. The quantitative estimate of drug-likeness (QED) is 0.452. The molecule has 1 aliphatic rings. The van der Waals surface area contributed by atoms with Gasteiger partial charge in [0.25, 0.3) is 0 Å². The summed E-state index contributed by atoms with van der Waals surface area (Å²) in [7, 11) is 0. The van der Waals surface area contributed by atoms with Crippen molar-refractivity contribution in [1.82, 2.24) is 0 Å². The number of hydrogen-bond acceptors (Lipinski definition) is 2. The molecule has 0 spiro atoms. The first-order chi connectivity index (χ1) is 9.50. The van der Waals surface area contributed by atoms with Crippen molar-refractivity contribution in [3.8, 4) is 0 Å². The van der Waals surface area contributed by atoms with Crippen molar-refractivity contribution in [3.05, 3.63) is 0 Å². The van der Waals surface area contributed by atoms with Gasteiger partial charge in [0.2, 0.25) is 0 Å². The summed E-state index contributed by atoms with van der Waals surface area (Å²) in [4.78, 5) is 1.02. The van der Waals surface area contributed by atoms with Gasteiger partial charge in [-0.2, -0.15) is 26.3 Å². The predicted molar refractivity (Wildman–Crippen MR) is 59.9 cm³/mol. The molecule has 1 heterocycles. The average molecular weight is 326 g/mol. The van der Waals surface area contributed by atoms with E-state index in [1.807, 2.05) is 0 Å². The molecule has 0 amide bonds. The highest BCUT2D eigenvalue weighted by molar-refractivity contribution is 4.64. The molecule has 2 unspecified atom stereocenters. The standard InChI is InChI=1S/C11H18F6N2O2/c12-10(13,14)8(20)6-18-2-1-3-19(5-4-18)7-9(21)11(15,16)17/h8-9,20-21H,1-7H2/p+2/t8-,9-/m1/s1. The molecule has 4 nitrogen and oxygen atoms in total. The normalized spacial score (nSPS) is 28.0. The van der Waals surface area contributed by atoms with Gasteiger partial charge in [-0.25, -0.2) is 0 Å². The zero-order valence-corrected chi connectivity index (χ0v) is 11.3. The van der Waals surface area contributed by atoms with Crippen LogP contribution in [-0.2, 0) is 0 Å². The minimum atomic E-state index is -4.68. The van der Waals surface area contributed by atoms with E-state index in [2.05, 4.69) is 0 Å². The monoisotopic (exact) mass is 326 g/mol. The van der Waals surface area contributed by atoms with Crippen molar-refractivity contribution in [3.63, 3.8) is 0 Å². The Balaban J connectivity index is 2.44. The number of aliphatic hydroxyl groups excluding tert-OH is 2. The van der Waals surface area contributed by atoms with Crippen molar-refractivity contribution in [2.75, 3.05) is 39.3 Å². The van der Waals surface area contributed by atoms with Gasteiger partial charge in [0.1, 0.15) is 26.2 Å². The van der Waals surface area contributed by atoms with Crippen molar-refractivity contribution in [2.45, 2.75) is 31.0 Å². The smallest absolute Gasteiger partial charge is 0.379 e. The molecule has 0 bridgehead atoms. The number of alkyl halides is 6. The van der Waals surface area contributed by atoms with E-state index in [0.717, 1.165) is 0 Å². The zero-order valence-electron chi connectivity index (χ0n) is 11.3. The first kappa shape index (κ1) is 18.5. The average Bonchev–Trinajstić information content (AvgIpc) is 2.52. The number of halogens is 6. The topological polar surface area (TPSA) is 49.3 Å². The number of quaternary nitrogens is 2. The maximum absolute atomic E-state index is 12.3. The van der Waals surface area contributed by atoms with Crippen LogP contribution in [-0.4, -0.2) is 74.0 Å². The van der Waals surface area contributed by atoms with Crippen LogP contribution in [0.2, 0.25) is 0 Å². The minimum Gasteiger partial charge on any atom is -0.379 e. The van der Waals surface area contributed by atoms with Crippen LogP contribution in [0.25, 0.3) is 0 Å². The van der Waals surface area contributed by atoms with E-state index in [1.54, 1.807) is 0 Å². The van der Waals surface area contributed by atoms with Crippen molar-refractivity contribution >= 4 is 0 Å². The van der Waals surface area contributed by atoms with Crippen LogP contribution in [0.1, 0.15) is 6.42 Å². The number of hydrogen-bond donors (Lipinski definition) is 4. The molecule has 1 rings (SSSR count). The van der Waals surface area contributed by atoms with Gasteiger partial charge in [0, 0.05) is 6.42 Å².